The Balaban J connectivity index is 1.58. The number of nitrogens with zero attached hydrogens (tertiary/aromatic N) is 2. The molecule has 3 rings (SSSR count). The van der Waals surface area contributed by atoms with Crippen LogP contribution >= 0.6 is 0 Å². The summed E-state index contributed by atoms with van der Waals surface area (Å²) in [5.41, 5.74) is 2.73. The van der Waals surface area contributed by atoms with Crippen molar-refractivity contribution in [3.05, 3.63) is 66.1 Å². The summed E-state index contributed by atoms with van der Waals surface area (Å²) >= 11 is 0. The zero-order chi connectivity index (χ0) is 16.1. The molecule has 0 bridgehead atoms. The van der Waals surface area contributed by atoms with E-state index in [2.05, 4.69) is 15.5 Å². The highest BCUT2D eigenvalue weighted by Gasteiger charge is 2.11. The molecule has 23 heavy (non-hydrogen) atoms. The van der Waals surface area contributed by atoms with Crippen LogP contribution in [0, 0.1) is 6.92 Å². The molecule has 0 saturated carbocycles. The van der Waals surface area contributed by atoms with Crippen LogP contribution in [0.2, 0.25) is 0 Å². The van der Waals surface area contributed by atoms with Crippen LogP contribution in [0.5, 0.6) is 0 Å². The van der Waals surface area contributed by atoms with Crippen LogP contribution in [0.1, 0.15) is 17.9 Å². The Kier molecular flexibility index (Phi) is 4.47. The van der Waals surface area contributed by atoms with Crippen molar-refractivity contribution in [2.24, 2.45) is 0 Å². The van der Waals surface area contributed by atoms with Crippen molar-refractivity contribution in [1.29, 1.82) is 0 Å². The topological polar surface area (TPSA) is 68.0 Å². The van der Waals surface area contributed by atoms with E-state index in [-0.39, 0.29) is 5.91 Å². The third-order valence-electron chi connectivity index (χ3n) is 3.47. The number of benzene rings is 2. The first-order valence-corrected chi connectivity index (χ1v) is 7.45. The second-order valence-electron chi connectivity index (χ2n) is 5.23. The lowest BCUT2D eigenvalue weighted by molar-refractivity contribution is -0.116. The summed E-state index contributed by atoms with van der Waals surface area (Å²) in [7, 11) is 0. The molecule has 0 aliphatic heterocycles. The van der Waals surface area contributed by atoms with E-state index in [1.54, 1.807) is 0 Å². The Morgan fingerprint density at radius 3 is 2.57 bits per heavy atom. The standard InChI is InChI=1S/C18H17N3O2/c1-13-7-5-6-10-15(13)19-16(22)11-12-17-20-21-18(23-17)14-8-3-2-4-9-14/h2-10H,11-12H2,1H3,(H,19,22). The van der Waals surface area contributed by atoms with Crippen molar-refractivity contribution in [1.82, 2.24) is 10.2 Å². The number of aryl methyl sites for hydroxylation is 2. The fourth-order valence-corrected chi connectivity index (χ4v) is 2.20. The van der Waals surface area contributed by atoms with E-state index in [0.717, 1.165) is 16.8 Å². The van der Waals surface area contributed by atoms with E-state index in [0.29, 0.717) is 24.6 Å². The molecule has 1 N–H and O–H groups in total. The maximum Gasteiger partial charge on any atom is 0.247 e. The van der Waals surface area contributed by atoms with Gasteiger partial charge in [-0.2, -0.15) is 0 Å². The van der Waals surface area contributed by atoms with Crippen molar-refractivity contribution in [3.63, 3.8) is 0 Å². The number of hydrogen-bond acceptors (Lipinski definition) is 4. The van der Waals surface area contributed by atoms with Gasteiger partial charge in [0.15, 0.2) is 0 Å². The predicted octanol–water partition coefficient (Wildman–Crippen LogP) is 3.62. The Hall–Kier alpha value is -2.95. The van der Waals surface area contributed by atoms with Gasteiger partial charge in [-0.3, -0.25) is 4.79 Å². The fraction of sp³-hybridized carbons (Fsp3) is 0.167. The van der Waals surface area contributed by atoms with Gasteiger partial charge in [-0.25, -0.2) is 0 Å². The first kappa shape index (κ1) is 15.0. The molecule has 0 radical (unpaired) electrons. The minimum absolute atomic E-state index is 0.0706. The van der Waals surface area contributed by atoms with Gasteiger partial charge in [0.1, 0.15) is 0 Å². The van der Waals surface area contributed by atoms with Gasteiger partial charge in [0, 0.05) is 24.1 Å². The number of hydrogen-bond donors (Lipinski definition) is 1. The van der Waals surface area contributed by atoms with E-state index >= 15 is 0 Å². The van der Waals surface area contributed by atoms with Gasteiger partial charge < -0.3 is 9.73 Å². The minimum atomic E-state index is -0.0706. The predicted molar refractivity (Wildman–Crippen MR) is 87.9 cm³/mol. The molecule has 0 unspecified atom stereocenters. The average Bonchev–Trinajstić information content (AvgIpc) is 3.05. The zero-order valence-corrected chi connectivity index (χ0v) is 12.8. The fourth-order valence-electron chi connectivity index (χ4n) is 2.20. The molecule has 1 amide bonds. The van der Waals surface area contributed by atoms with E-state index in [9.17, 15) is 4.79 Å². The first-order valence-electron chi connectivity index (χ1n) is 7.45. The normalized spacial score (nSPS) is 10.5. The number of aromatic nitrogens is 2. The molecule has 1 aromatic heterocycles. The molecule has 116 valence electrons. The van der Waals surface area contributed by atoms with Gasteiger partial charge in [-0.1, -0.05) is 36.4 Å². The molecule has 0 aliphatic carbocycles. The summed E-state index contributed by atoms with van der Waals surface area (Å²) in [4.78, 5) is 12.0. The van der Waals surface area contributed by atoms with E-state index < -0.39 is 0 Å². The lowest BCUT2D eigenvalue weighted by Crippen LogP contribution is -2.13. The number of para-hydroxylation sites is 1. The van der Waals surface area contributed by atoms with Gasteiger partial charge in [-0.05, 0) is 30.7 Å². The molecule has 5 nitrogen and oxygen atoms in total. The van der Waals surface area contributed by atoms with E-state index in [1.807, 2.05) is 61.5 Å². The zero-order valence-electron chi connectivity index (χ0n) is 12.8. The number of nitrogens with one attached hydrogen (secondary N) is 1. The van der Waals surface area contributed by atoms with Crippen molar-refractivity contribution in [2.45, 2.75) is 19.8 Å². The Labute approximate surface area is 134 Å². The highest BCUT2D eigenvalue weighted by atomic mass is 16.4. The van der Waals surface area contributed by atoms with Crippen molar-refractivity contribution in [2.75, 3.05) is 5.32 Å². The first-order chi connectivity index (χ1) is 11.2. The maximum atomic E-state index is 12.0. The Morgan fingerprint density at radius 1 is 1.04 bits per heavy atom. The van der Waals surface area contributed by atoms with Gasteiger partial charge in [-0.15, -0.1) is 10.2 Å². The molecule has 5 heteroatoms. The van der Waals surface area contributed by atoms with Crippen LogP contribution in [0.15, 0.2) is 59.0 Å². The lowest BCUT2D eigenvalue weighted by atomic mass is 10.2. The summed E-state index contributed by atoms with van der Waals surface area (Å²) in [6, 6.07) is 17.2. The molecule has 0 aliphatic rings. The van der Waals surface area contributed by atoms with Crippen molar-refractivity contribution >= 4 is 11.6 Å². The second kappa shape index (κ2) is 6.87. The molecular formula is C18H17N3O2. The smallest absolute Gasteiger partial charge is 0.247 e. The Morgan fingerprint density at radius 2 is 1.78 bits per heavy atom. The summed E-state index contributed by atoms with van der Waals surface area (Å²) in [5, 5.41) is 10.9. The quantitative estimate of drug-likeness (QED) is 0.781. The SMILES string of the molecule is Cc1ccccc1NC(=O)CCc1nnc(-c2ccccc2)o1. The molecule has 0 fully saturated rings. The summed E-state index contributed by atoms with van der Waals surface area (Å²) in [6.45, 7) is 1.96. The molecule has 0 spiro atoms. The number of carbonyl (C=O) groups excluding carboxylic acids is 1. The monoisotopic (exact) mass is 307 g/mol. The number of anilines is 1. The Bertz CT molecular complexity index is 797. The van der Waals surface area contributed by atoms with Crippen molar-refractivity contribution in [3.8, 4) is 11.5 Å². The van der Waals surface area contributed by atoms with E-state index in [4.69, 9.17) is 4.42 Å². The number of amides is 1. The van der Waals surface area contributed by atoms with Crippen LogP contribution in [0.25, 0.3) is 11.5 Å². The number of rotatable bonds is 5. The van der Waals surface area contributed by atoms with Crippen molar-refractivity contribution < 1.29 is 9.21 Å². The van der Waals surface area contributed by atoms with Gasteiger partial charge in [0.05, 0.1) is 0 Å². The molecule has 1 heterocycles. The second-order valence-corrected chi connectivity index (χ2v) is 5.23. The summed E-state index contributed by atoms with van der Waals surface area (Å²) in [6.07, 6.45) is 0.711. The van der Waals surface area contributed by atoms with Crippen LogP contribution in [0.4, 0.5) is 5.69 Å². The van der Waals surface area contributed by atoms with Crippen LogP contribution < -0.4 is 5.32 Å². The molecule has 2 aromatic carbocycles. The molecule has 3 aromatic rings. The third-order valence-corrected chi connectivity index (χ3v) is 3.47. The molecular weight excluding hydrogens is 290 g/mol. The van der Waals surface area contributed by atoms with Crippen LogP contribution in [-0.4, -0.2) is 16.1 Å². The minimum Gasteiger partial charge on any atom is -0.421 e. The molecule has 0 saturated heterocycles. The van der Waals surface area contributed by atoms with Gasteiger partial charge >= 0.3 is 0 Å². The highest BCUT2D eigenvalue weighted by molar-refractivity contribution is 5.91. The number of carbonyl (C=O) groups is 1. The lowest BCUT2D eigenvalue weighted by Gasteiger charge is -2.06. The molecule has 0 atom stereocenters. The van der Waals surface area contributed by atoms with E-state index in [1.165, 1.54) is 0 Å². The largest absolute Gasteiger partial charge is 0.421 e. The van der Waals surface area contributed by atoms with Crippen LogP contribution in [-0.2, 0) is 11.2 Å². The summed E-state index contributed by atoms with van der Waals surface area (Å²) < 4.78 is 5.59. The average molecular weight is 307 g/mol. The third kappa shape index (κ3) is 3.83. The maximum absolute atomic E-state index is 12.0. The highest BCUT2D eigenvalue weighted by Crippen LogP contribution is 2.18. The van der Waals surface area contributed by atoms with Gasteiger partial charge in [0.25, 0.3) is 0 Å². The van der Waals surface area contributed by atoms with Crippen LogP contribution in [0.3, 0.4) is 0 Å². The van der Waals surface area contributed by atoms with Gasteiger partial charge in [0.2, 0.25) is 17.7 Å². The summed E-state index contributed by atoms with van der Waals surface area (Å²) in [5.74, 6) is 0.863.